The highest BCUT2D eigenvalue weighted by Gasteiger charge is 2.22. The van der Waals surface area contributed by atoms with Crippen molar-refractivity contribution in [1.29, 1.82) is 0 Å². The number of hydrogen-bond donors (Lipinski definition) is 2. The highest BCUT2D eigenvalue weighted by atomic mass is 16.3. The molecule has 0 atom stereocenters. The summed E-state index contributed by atoms with van der Waals surface area (Å²) in [5.74, 6) is -0.892. The van der Waals surface area contributed by atoms with Crippen LogP contribution in [0.25, 0.3) is 0 Å². The monoisotopic (exact) mass is 384 g/mol. The molecule has 0 bridgehead atoms. The molecule has 2 heterocycles. The van der Waals surface area contributed by atoms with Crippen molar-refractivity contribution in [3.05, 3.63) is 54.0 Å². The molecule has 2 N–H and O–H groups in total. The molecule has 28 heavy (non-hydrogen) atoms. The van der Waals surface area contributed by atoms with Crippen LogP contribution in [0.5, 0.6) is 0 Å². The predicted molar refractivity (Wildman–Crippen MR) is 104 cm³/mol. The molecule has 1 aromatic carbocycles. The third-order valence-electron chi connectivity index (χ3n) is 4.68. The Morgan fingerprint density at radius 3 is 2.39 bits per heavy atom. The number of benzene rings is 1. The minimum Gasteiger partial charge on any atom is -0.459 e. The van der Waals surface area contributed by atoms with Gasteiger partial charge < -0.3 is 24.9 Å². The van der Waals surface area contributed by atoms with Crippen LogP contribution in [0.15, 0.2) is 47.1 Å². The predicted octanol–water partition coefficient (Wildman–Crippen LogP) is 0.783. The molecule has 148 valence electrons. The molecule has 1 saturated heterocycles. The first-order chi connectivity index (χ1) is 13.5. The molecule has 3 amide bonds. The summed E-state index contributed by atoms with van der Waals surface area (Å²) in [6, 6.07) is 11.3. The van der Waals surface area contributed by atoms with Gasteiger partial charge in [-0.25, -0.2) is 0 Å². The highest BCUT2D eigenvalue weighted by molar-refractivity contribution is 5.94. The number of carbonyl (C=O) groups excluding carboxylic acids is 3. The molecule has 2 aromatic rings. The number of carbonyl (C=O) groups is 3. The van der Waals surface area contributed by atoms with Crippen LogP contribution in [-0.2, 0) is 9.59 Å². The minimum atomic E-state index is -0.473. The molecule has 1 aliphatic heterocycles. The zero-order valence-electron chi connectivity index (χ0n) is 15.8. The molecule has 8 heteroatoms. The average molecular weight is 384 g/mol. The van der Waals surface area contributed by atoms with Gasteiger partial charge in [0.1, 0.15) is 0 Å². The van der Waals surface area contributed by atoms with Crippen LogP contribution >= 0.6 is 0 Å². The number of furan rings is 1. The highest BCUT2D eigenvalue weighted by Crippen LogP contribution is 2.20. The van der Waals surface area contributed by atoms with E-state index in [0.717, 1.165) is 13.1 Å². The summed E-state index contributed by atoms with van der Waals surface area (Å²) in [6.07, 6.45) is 1.38. The second-order valence-electron chi connectivity index (χ2n) is 6.59. The summed E-state index contributed by atoms with van der Waals surface area (Å²) in [5.41, 5.74) is 2.40. The molecule has 8 nitrogen and oxygen atoms in total. The van der Waals surface area contributed by atoms with Crippen molar-refractivity contribution in [2.75, 3.05) is 44.2 Å². The Morgan fingerprint density at radius 2 is 1.71 bits per heavy atom. The topological polar surface area (TPSA) is 94.9 Å². The van der Waals surface area contributed by atoms with E-state index in [1.54, 1.807) is 11.0 Å². The smallest absolute Gasteiger partial charge is 0.287 e. The number of amides is 3. The maximum Gasteiger partial charge on any atom is 0.287 e. The van der Waals surface area contributed by atoms with Gasteiger partial charge in [-0.05, 0) is 30.7 Å². The number of aryl methyl sites for hydroxylation is 1. The van der Waals surface area contributed by atoms with Crippen LogP contribution in [0.1, 0.15) is 16.1 Å². The first-order valence-electron chi connectivity index (χ1n) is 9.21. The fraction of sp³-hybridized carbons (Fsp3) is 0.350. The molecule has 0 radical (unpaired) electrons. The lowest BCUT2D eigenvalue weighted by molar-refractivity contribution is -0.132. The number of hydrogen-bond acceptors (Lipinski definition) is 5. The van der Waals surface area contributed by atoms with E-state index in [2.05, 4.69) is 34.6 Å². The van der Waals surface area contributed by atoms with Crippen LogP contribution < -0.4 is 15.5 Å². The third kappa shape index (κ3) is 4.91. The van der Waals surface area contributed by atoms with Crippen molar-refractivity contribution in [2.24, 2.45) is 0 Å². The summed E-state index contributed by atoms with van der Waals surface area (Å²) in [4.78, 5) is 39.9. The van der Waals surface area contributed by atoms with Crippen LogP contribution in [0, 0.1) is 6.92 Å². The first kappa shape index (κ1) is 19.5. The SMILES string of the molecule is Cc1ccccc1N1CCN(C(=O)CNC(=O)CNC(=O)c2ccco2)CC1. The number of piperazine rings is 1. The molecule has 0 saturated carbocycles. The largest absolute Gasteiger partial charge is 0.459 e. The van der Waals surface area contributed by atoms with Gasteiger partial charge >= 0.3 is 0 Å². The minimum absolute atomic E-state index is 0.0835. The lowest BCUT2D eigenvalue weighted by Crippen LogP contribution is -2.52. The van der Waals surface area contributed by atoms with Gasteiger partial charge in [0.25, 0.3) is 5.91 Å². The van der Waals surface area contributed by atoms with Gasteiger partial charge in [-0.2, -0.15) is 0 Å². The van der Waals surface area contributed by atoms with Gasteiger partial charge in [0.2, 0.25) is 11.8 Å². The molecule has 0 aliphatic carbocycles. The van der Waals surface area contributed by atoms with E-state index in [9.17, 15) is 14.4 Å². The maximum atomic E-state index is 12.3. The zero-order valence-corrected chi connectivity index (χ0v) is 15.8. The van der Waals surface area contributed by atoms with E-state index in [1.165, 1.54) is 23.6 Å². The average Bonchev–Trinajstić information content (AvgIpc) is 3.26. The van der Waals surface area contributed by atoms with Crippen molar-refractivity contribution in [3.8, 4) is 0 Å². The van der Waals surface area contributed by atoms with Gasteiger partial charge in [0.15, 0.2) is 5.76 Å². The van der Waals surface area contributed by atoms with E-state index in [0.29, 0.717) is 13.1 Å². The van der Waals surface area contributed by atoms with Crippen LogP contribution in [0.3, 0.4) is 0 Å². The lowest BCUT2D eigenvalue weighted by Gasteiger charge is -2.36. The Labute approximate surface area is 163 Å². The summed E-state index contributed by atoms with van der Waals surface area (Å²) in [7, 11) is 0. The molecule has 1 aliphatic rings. The molecular formula is C20H24N4O4. The molecule has 0 spiro atoms. The van der Waals surface area contributed by atoms with Gasteiger partial charge in [-0.3, -0.25) is 14.4 Å². The number of anilines is 1. The Balaban J connectivity index is 1.38. The van der Waals surface area contributed by atoms with E-state index in [-0.39, 0.29) is 24.8 Å². The van der Waals surface area contributed by atoms with Crippen molar-refractivity contribution in [3.63, 3.8) is 0 Å². The Bertz CT molecular complexity index is 826. The first-order valence-corrected chi connectivity index (χ1v) is 9.21. The fourth-order valence-electron chi connectivity index (χ4n) is 3.12. The van der Waals surface area contributed by atoms with Crippen molar-refractivity contribution in [1.82, 2.24) is 15.5 Å². The van der Waals surface area contributed by atoms with E-state index in [4.69, 9.17) is 4.42 Å². The van der Waals surface area contributed by atoms with Gasteiger partial charge in [0, 0.05) is 31.9 Å². The summed E-state index contributed by atoms with van der Waals surface area (Å²) >= 11 is 0. The Morgan fingerprint density at radius 1 is 0.964 bits per heavy atom. The molecule has 0 unspecified atom stereocenters. The van der Waals surface area contributed by atoms with Crippen LogP contribution in [0.2, 0.25) is 0 Å². The maximum absolute atomic E-state index is 12.3. The number of rotatable bonds is 6. The van der Waals surface area contributed by atoms with Gasteiger partial charge in [0.05, 0.1) is 19.4 Å². The summed E-state index contributed by atoms with van der Waals surface area (Å²) in [5, 5.41) is 4.98. The Hall–Kier alpha value is -3.29. The number of nitrogens with one attached hydrogen (secondary N) is 2. The molecule has 3 rings (SSSR count). The second kappa shape index (κ2) is 9.07. The number of para-hydroxylation sites is 1. The second-order valence-corrected chi connectivity index (χ2v) is 6.59. The fourth-order valence-corrected chi connectivity index (χ4v) is 3.12. The third-order valence-corrected chi connectivity index (χ3v) is 4.68. The quantitative estimate of drug-likeness (QED) is 0.768. The lowest BCUT2D eigenvalue weighted by atomic mass is 10.1. The van der Waals surface area contributed by atoms with Crippen molar-refractivity contribution >= 4 is 23.4 Å². The summed E-state index contributed by atoms with van der Waals surface area (Å²) in [6.45, 7) is 4.50. The standard InChI is InChI=1S/C20H24N4O4/c1-15-5-2-3-6-16(15)23-8-10-24(11-9-23)19(26)14-21-18(25)13-22-20(27)17-7-4-12-28-17/h2-7,12H,8-11,13-14H2,1H3,(H,21,25)(H,22,27). The molecule has 1 aromatic heterocycles. The zero-order chi connectivity index (χ0) is 19.9. The Kier molecular flexibility index (Phi) is 6.31. The summed E-state index contributed by atoms with van der Waals surface area (Å²) < 4.78 is 4.94. The van der Waals surface area contributed by atoms with Gasteiger partial charge in [-0.15, -0.1) is 0 Å². The van der Waals surface area contributed by atoms with Crippen LogP contribution in [0.4, 0.5) is 5.69 Å². The number of nitrogens with zero attached hydrogens (tertiary/aromatic N) is 2. The normalized spacial score (nSPS) is 13.9. The molecule has 1 fully saturated rings. The molecular weight excluding hydrogens is 360 g/mol. The van der Waals surface area contributed by atoms with E-state index < -0.39 is 11.8 Å². The van der Waals surface area contributed by atoms with E-state index >= 15 is 0 Å². The van der Waals surface area contributed by atoms with E-state index in [1.807, 2.05) is 12.1 Å². The van der Waals surface area contributed by atoms with Crippen LogP contribution in [-0.4, -0.2) is 61.9 Å². The van der Waals surface area contributed by atoms with Crippen molar-refractivity contribution < 1.29 is 18.8 Å². The van der Waals surface area contributed by atoms with Crippen molar-refractivity contribution in [2.45, 2.75) is 6.92 Å². The van der Waals surface area contributed by atoms with Gasteiger partial charge in [-0.1, -0.05) is 18.2 Å².